The summed E-state index contributed by atoms with van der Waals surface area (Å²) in [5.74, 6) is -1.47. The zero-order valence-corrected chi connectivity index (χ0v) is 11.3. The van der Waals surface area contributed by atoms with E-state index in [1.807, 2.05) is 0 Å². The van der Waals surface area contributed by atoms with Gasteiger partial charge in [0.05, 0.1) is 0 Å². The fourth-order valence-corrected chi connectivity index (χ4v) is 1.59. The fourth-order valence-electron chi connectivity index (χ4n) is 1.46. The van der Waals surface area contributed by atoms with Crippen molar-refractivity contribution in [2.24, 2.45) is 5.41 Å². The van der Waals surface area contributed by atoms with Crippen molar-refractivity contribution in [3.63, 3.8) is 0 Å². The maximum absolute atomic E-state index is 11.9. The molecule has 98 valence electrons. The van der Waals surface area contributed by atoms with Crippen LogP contribution in [0.3, 0.4) is 0 Å². The third-order valence-electron chi connectivity index (χ3n) is 2.49. The minimum atomic E-state index is -1.05. The molecule has 1 aromatic carbocycles. The van der Waals surface area contributed by atoms with Crippen LogP contribution >= 0.6 is 11.6 Å². The Morgan fingerprint density at radius 1 is 1.22 bits per heavy atom. The molecule has 1 aromatic rings. The highest BCUT2D eigenvalue weighted by molar-refractivity contribution is 6.30. The average Bonchev–Trinajstić information content (AvgIpc) is 2.24. The predicted octanol–water partition coefficient (Wildman–Crippen LogP) is 2.57. The van der Waals surface area contributed by atoms with Gasteiger partial charge in [0, 0.05) is 10.6 Å². The summed E-state index contributed by atoms with van der Waals surface area (Å²) >= 11 is 5.72. The SMILES string of the molecule is CC(C)(C)[C@H](NC(=O)c1ccc(Cl)cc1)C(=O)O. The van der Waals surface area contributed by atoms with Gasteiger partial charge in [-0.1, -0.05) is 32.4 Å². The molecule has 0 radical (unpaired) electrons. The second-order valence-corrected chi connectivity index (χ2v) is 5.55. The Morgan fingerprint density at radius 3 is 2.11 bits per heavy atom. The van der Waals surface area contributed by atoms with E-state index >= 15 is 0 Å². The van der Waals surface area contributed by atoms with Crippen LogP contribution in [-0.2, 0) is 4.79 Å². The highest BCUT2D eigenvalue weighted by Crippen LogP contribution is 2.20. The van der Waals surface area contributed by atoms with Gasteiger partial charge < -0.3 is 10.4 Å². The molecule has 0 spiro atoms. The zero-order valence-electron chi connectivity index (χ0n) is 10.5. The van der Waals surface area contributed by atoms with Crippen molar-refractivity contribution in [2.45, 2.75) is 26.8 Å². The van der Waals surface area contributed by atoms with Crippen LogP contribution in [0.5, 0.6) is 0 Å². The lowest BCUT2D eigenvalue weighted by Gasteiger charge is -2.27. The summed E-state index contributed by atoms with van der Waals surface area (Å²) in [5, 5.41) is 12.1. The summed E-state index contributed by atoms with van der Waals surface area (Å²) in [5.41, 5.74) is -0.177. The largest absolute Gasteiger partial charge is 0.480 e. The molecular formula is C13H16ClNO3. The molecule has 0 unspecified atom stereocenters. The molecule has 1 amide bonds. The van der Waals surface area contributed by atoms with Gasteiger partial charge in [-0.3, -0.25) is 4.79 Å². The van der Waals surface area contributed by atoms with Crippen molar-refractivity contribution in [1.82, 2.24) is 5.32 Å². The second-order valence-electron chi connectivity index (χ2n) is 5.12. The number of carbonyl (C=O) groups excluding carboxylic acids is 1. The first-order valence-corrected chi connectivity index (χ1v) is 5.89. The van der Waals surface area contributed by atoms with E-state index in [0.29, 0.717) is 10.6 Å². The van der Waals surface area contributed by atoms with E-state index in [-0.39, 0.29) is 0 Å². The molecule has 5 heteroatoms. The van der Waals surface area contributed by atoms with Gasteiger partial charge in [0.2, 0.25) is 0 Å². The first-order chi connectivity index (χ1) is 8.21. The van der Waals surface area contributed by atoms with E-state index in [1.165, 1.54) is 0 Å². The predicted molar refractivity (Wildman–Crippen MR) is 69.8 cm³/mol. The van der Waals surface area contributed by atoms with Crippen molar-refractivity contribution < 1.29 is 14.7 Å². The first-order valence-electron chi connectivity index (χ1n) is 5.51. The Kier molecular flexibility index (Phi) is 4.35. The van der Waals surface area contributed by atoms with Gasteiger partial charge in [0.25, 0.3) is 5.91 Å². The van der Waals surface area contributed by atoms with Crippen LogP contribution in [0.4, 0.5) is 0 Å². The van der Waals surface area contributed by atoms with Gasteiger partial charge in [0.15, 0.2) is 0 Å². The van der Waals surface area contributed by atoms with Crippen LogP contribution in [0, 0.1) is 5.41 Å². The second kappa shape index (κ2) is 5.40. The van der Waals surface area contributed by atoms with Crippen LogP contribution < -0.4 is 5.32 Å². The van der Waals surface area contributed by atoms with Gasteiger partial charge >= 0.3 is 5.97 Å². The van der Waals surface area contributed by atoms with E-state index in [4.69, 9.17) is 16.7 Å². The zero-order chi connectivity index (χ0) is 13.9. The Bertz CT molecular complexity index is 448. The highest BCUT2D eigenvalue weighted by atomic mass is 35.5. The minimum Gasteiger partial charge on any atom is -0.480 e. The summed E-state index contributed by atoms with van der Waals surface area (Å²) in [6.07, 6.45) is 0. The molecule has 0 fully saturated rings. The number of aliphatic carboxylic acids is 1. The van der Waals surface area contributed by atoms with Gasteiger partial charge in [-0.15, -0.1) is 0 Å². The Hall–Kier alpha value is -1.55. The maximum Gasteiger partial charge on any atom is 0.326 e. The van der Waals surface area contributed by atoms with Crippen molar-refractivity contribution in [2.75, 3.05) is 0 Å². The average molecular weight is 270 g/mol. The lowest BCUT2D eigenvalue weighted by atomic mass is 9.86. The molecule has 2 N–H and O–H groups in total. The number of nitrogens with one attached hydrogen (secondary N) is 1. The van der Waals surface area contributed by atoms with Crippen molar-refractivity contribution >= 4 is 23.5 Å². The molecule has 18 heavy (non-hydrogen) atoms. The number of rotatable bonds is 3. The van der Waals surface area contributed by atoms with Gasteiger partial charge in [-0.05, 0) is 29.7 Å². The summed E-state index contributed by atoms with van der Waals surface area (Å²) in [6, 6.07) is 5.34. The van der Waals surface area contributed by atoms with Gasteiger partial charge in [-0.25, -0.2) is 4.79 Å². The Balaban J connectivity index is 2.86. The number of hydrogen-bond acceptors (Lipinski definition) is 2. The molecule has 0 aliphatic rings. The first kappa shape index (κ1) is 14.5. The number of halogens is 1. The van der Waals surface area contributed by atoms with Crippen LogP contribution in [-0.4, -0.2) is 23.0 Å². The van der Waals surface area contributed by atoms with Crippen molar-refractivity contribution in [3.8, 4) is 0 Å². The molecule has 0 heterocycles. The van der Waals surface area contributed by atoms with Crippen LogP contribution in [0.25, 0.3) is 0 Å². The Morgan fingerprint density at radius 2 is 1.72 bits per heavy atom. The van der Waals surface area contributed by atoms with E-state index in [9.17, 15) is 9.59 Å². The quantitative estimate of drug-likeness (QED) is 0.886. The molecule has 1 atom stereocenters. The van der Waals surface area contributed by atoms with E-state index in [2.05, 4.69) is 5.32 Å². The summed E-state index contributed by atoms with van der Waals surface area (Å²) in [7, 11) is 0. The van der Waals surface area contributed by atoms with E-state index in [0.717, 1.165) is 0 Å². The van der Waals surface area contributed by atoms with E-state index in [1.54, 1.807) is 45.0 Å². The normalized spacial score (nSPS) is 12.9. The van der Waals surface area contributed by atoms with Crippen LogP contribution in [0.1, 0.15) is 31.1 Å². The molecular weight excluding hydrogens is 254 g/mol. The van der Waals surface area contributed by atoms with Crippen LogP contribution in [0.2, 0.25) is 5.02 Å². The number of hydrogen-bond donors (Lipinski definition) is 2. The summed E-state index contributed by atoms with van der Waals surface area (Å²) in [4.78, 5) is 23.0. The molecule has 0 saturated heterocycles. The number of carbonyl (C=O) groups is 2. The topological polar surface area (TPSA) is 66.4 Å². The minimum absolute atomic E-state index is 0.384. The summed E-state index contributed by atoms with van der Waals surface area (Å²) in [6.45, 7) is 5.27. The number of benzene rings is 1. The molecule has 0 aliphatic carbocycles. The van der Waals surface area contributed by atoms with Gasteiger partial charge in [-0.2, -0.15) is 0 Å². The highest BCUT2D eigenvalue weighted by Gasteiger charge is 2.32. The molecule has 0 bridgehead atoms. The van der Waals surface area contributed by atoms with Crippen molar-refractivity contribution in [1.29, 1.82) is 0 Å². The molecule has 4 nitrogen and oxygen atoms in total. The lowest BCUT2D eigenvalue weighted by molar-refractivity contribution is -0.142. The standard InChI is InChI=1S/C13H16ClNO3/c1-13(2,3)10(12(17)18)15-11(16)8-4-6-9(14)7-5-8/h4-7,10H,1-3H3,(H,15,16)(H,17,18)/t10-/m1/s1. The molecule has 0 aliphatic heterocycles. The molecule has 1 rings (SSSR count). The van der Waals surface area contributed by atoms with Gasteiger partial charge in [0.1, 0.15) is 6.04 Å². The number of carboxylic acids is 1. The Labute approximate surface area is 111 Å². The number of carboxylic acid groups (broad SMARTS) is 1. The van der Waals surface area contributed by atoms with Crippen LogP contribution in [0.15, 0.2) is 24.3 Å². The molecule has 0 aromatic heterocycles. The van der Waals surface area contributed by atoms with Crippen molar-refractivity contribution in [3.05, 3.63) is 34.9 Å². The third kappa shape index (κ3) is 3.74. The monoisotopic (exact) mass is 269 g/mol. The number of amides is 1. The van der Waals surface area contributed by atoms with E-state index < -0.39 is 23.3 Å². The lowest BCUT2D eigenvalue weighted by Crippen LogP contribution is -2.49. The summed E-state index contributed by atoms with van der Waals surface area (Å²) < 4.78 is 0. The maximum atomic E-state index is 11.9. The third-order valence-corrected chi connectivity index (χ3v) is 2.75. The smallest absolute Gasteiger partial charge is 0.326 e. The molecule has 0 saturated carbocycles. The fraction of sp³-hybridized carbons (Fsp3) is 0.385.